The van der Waals surface area contributed by atoms with Crippen molar-refractivity contribution in [3.05, 3.63) is 41.2 Å². The van der Waals surface area contributed by atoms with Gasteiger partial charge in [-0.3, -0.25) is 4.98 Å². The molecule has 2 rings (SSSR count). The van der Waals surface area contributed by atoms with Gasteiger partial charge in [-0.2, -0.15) is 0 Å². The van der Waals surface area contributed by atoms with E-state index in [2.05, 4.69) is 54.3 Å². The highest BCUT2D eigenvalue weighted by molar-refractivity contribution is 7.13. The maximum Gasteiger partial charge on any atom is 0.185 e. The summed E-state index contributed by atoms with van der Waals surface area (Å²) >= 11 is 1.70. The first-order chi connectivity index (χ1) is 9.98. The molecule has 0 aliphatic heterocycles. The van der Waals surface area contributed by atoms with Crippen LogP contribution < -0.4 is 10.2 Å². The van der Waals surface area contributed by atoms with Crippen LogP contribution in [0, 0.1) is 0 Å². The van der Waals surface area contributed by atoms with Gasteiger partial charge in [0, 0.05) is 30.2 Å². The monoisotopic (exact) mass is 304 g/mol. The molecular formula is C16H24N4S. The Labute approximate surface area is 131 Å². The van der Waals surface area contributed by atoms with Crippen LogP contribution in [0.4, 0.5) is 5.13 Å². The molecule has 1 N–H and O–H groups in total. The van der Waals surface area contributed by atoms with E-state index in [1.165, 1.54) is 0 Å². The number of hydrogen-bond acceptors (Lipinski definition) is 5. The van der Waals surface area contributed by atoms with Crippen LogP contribution in [0.5, 0.6) is 0 Å². The minimum atomic E-state index is 0.113. The number of anilines is 1. The van der Waals surface area contributed by atoms with Crippen LogP contribution in [-0.2, 0) is 13.1 Å². The SMILES string of the molecule is CCN(Cc1ccccn1)c1nc(CNC(C)(C)C)cs1. The molecule has 0 spiro atoms. The van der Waals surface area contributed by atoms with Crippen LogP contribution in [0.15, 0.2) is 29.8 Å². The Morgan fingerprint density at radius 1 is 1.24 bits per heavy atom. The third kappa shape index (κ3) is 5.10. The van der Waals surface area contributed by atoms with Crippen LogP contribution in [0.1, 0.15) is 39.1 Å². The summed E-state index contributed by atoms with van der Waals surface area (Å²) in [6, 6.07) is 6.02. The fourth-order valence-electron chi connectivity index (χ4n) is 1.88. The van der Waals surface area contributed by atoms with Crippen molar-refractivity contribution in [2.45, 2.75) is 46.3 Å². The molecule has 0 atom stereocenters. The van der Waals surface area contributed by atoms with Crippen LogP contribution in [0.2, 0.25) is 0 Å². The number of hydrogen-bond donors (Lipinski definition) is 1. The molecule has 5 heteroatoms. The van der Waals surface area contributed by atoms with Gasteiger partial charge in [0.1, 0.15) is 0 Å². The van der Waals surface area contributed by atoms with E-state index in [0.717, 1.165) is 36.2 Å². The van der Waals surface area contributed by atoms with Crippen molar-refractivity contribution in [1.82, 2.24) is 15.3 Å². The number of pyridine rings is 1. The minimum Gasteiger partial charge on any atom is -0.342 e. The molecule has 2 aromatic heterocycles. The van der Waals surface area contributed by atoms with Crippen LogP contribution in [0.25, 0.3) is 0 Å². The number of nitrogens with zero attached hydrogens (tertiary/aromatic N) is 3. The van der Waals surface area contributed by atoms with Gasteiger partial charge >= 0.3 is 0 Å². The number of nitrogens with one attached hydrogen (secondary N) is 1. The van der Waals surface area contributed by atoms with E-state index in [1.54, 1.807) is 11.3 Å². The second-order valence-electron chi connectivity index (χ2n) is 6.06. The van der Waals surface area contributed by atoms with Gasteiger partial charge in [0.25, 0.3) is 0 Å². The van der Waals surface area contributed by atoms with Crippen molar-refractivity contribution in [2.24, 2.45) is 0 Å². The van der Waals surface area contributed by atoms with E-state index in [-0.39, 0.29) is 5.54 Å². The molecule has 2 aromatic rings. The average molecular weight is 304 g/mol. The lowest BCUT2D eigenvalue weighted by Gasteiger charge is -2.20. The number of thiazole rings is 1. The fourth-order valence-corrected chi connectivity index (χ4v) is 2.77. The van der Waals surface area contributed by atoms with Gasteiger partial charge in [-0.1, -0.05) is 6.07 Å². The summed E-state index contributed by atoms with van der Waals surface area (Å²) in [5.41, 5.74) is 2.29. The Morgan fingerprint density at radius 2 is 2.05 bits per heavy atom. The maximum atomic E-state index is 4.73. The molecule has 0 radical (unpaired) electrons. The number of aromatic nitrogens is 2. The predicted octanol–water partition coefficient (Wildman–Crippen LogP) is 3.45. The van der Waals surface area contributed by atoms with Gasteiger partial charge in [-0.15, -0.1) is 11.3 Å². The molecule has 0 aliphatic carbocycles. The van der Waals surface area contributed by atoms with E-state index in [4.69, 9.17) is 4.98 Å². The summed E-state index contributed by atoms with van der Waals surface area (Å²) in [6.07, 6.45) is 1.84. The Kier molecular flexibility index (Phi) is 5.31. The first kappa shape index (κ1) is 15.9. The molecule has 2 heterocycles. The quantitative estimate of drug-likeness (QED) is 0.887. The maximum absolute atomic E-state index is 4.73. The lowest BCUT2D eigenvalue weighted by Crippen LogP contribution is -2.35. The van der Waals surface area contributed by atoms with Gasteiger partial charge in [0.15, 0.2) is 5.13 Å². The molecule has 0 fully saturated rings. The lowest BCUT2D eigenvalue weighted by atomic mass is 10.1. The van der Waals surface area contributed by atoms with E-state index in [9.17, 15) is 0 Å². The van der Waals surface area contributed by atoms with Gasteiger partial charge < -0.3 is 10.2 Å². The Morgan fingerprint density at radius 3 is 2.67 bits per heavy atom. The molecule has 0 saturated carbocycles. The molecule has 114 valence electrons. The van der Waals surface area contributed by atoms with Crippen LogP contribution >= 0.6 is 11.3 Å². The third-order valence-electron chi connectivity index (χ3n) is 3.07. The van der Waals surface area contributed by atoms with E-state index in [1.807, 2.05) is 18.3 Å². The van der Waals surface area contributed by atoms with Gasteiger partial charge in [-0.05, 0) is 39.8 Å². The Bertz CT molecular complexity index is 545. The summed E-state index contributed by atoms with van der Waals surface area (Å²) in [4.78, 5) is 11.4. The predicted molar refractivity (Wildman–Crippen MR) is 89.7 cm³/mol. The molecule has 0 amide bonds. The molecular weight excluding hydrogens is 280 g/mol. The van der Waals surface area contributed by atoms with E-state index < -0.39 is 0 Å². The molecule has 0 unspecified atom stereocenters. The summed E-state index contributed by atoms with van der Waals surface area (Å²) < 4.78 is 0. The highest BCUT2D eigenvalue weighted by Crippen LogP contribution is 2.22. The first-order valence-electron chi connectivity index (χ1n) is 7.32. The van der Waals surface area contributed by atoms with Crippen molar-refractivity contribution >= 4 is 16.5 Å². The summed E-state index contributed by atoms with van der Waals surface area (Å²) in [5.74, 6) is 0. The highest BCUT2D eigenvalue weighted by atomic mass is 32.1. The largest absolute Gasteiger partial charge is 0.342 e. The van der Waals surface area contributed by atoms with Crippen molar-refractivity contribution in [3.63, 3.8) is 0 Å². The molecule has 0 aliphatic rings. The topological polar surface area (TPSA) is 41.1 Å². The third-order valence-corrected chi connectivity index (χ3v) is 4.02. The second kappa shape index (κ2) is 7.00. The zero-order valence-electron chi connectivity index (χ0n) is 13.3. The van der Waals surface area contributed by atoms with Crippen molar-refractivity contribution in [3.8, 4) is 0 Å². The minimum absolute atomic E-state index is 0.113. The molecule has 0 aromatic carbocycles. The number of rotatable bonds is 6. The standard InChI is InChI=1S/C16H24N4S/c1-5-20(11-13-8-6-7-9-17-13)15-19-14(12-21-15)10-18-16(2,3)4/h6-9,12,18H,5,10-11H2,1-4H3. The first-order valence-corrected chi connectivity index (χ1v) is 8.20. The average Bonchev–Trinajstić information content (AvgIpc) is 2.92. The zero-order valence-corrected chi connectivity index (χ0v) is 14.1. The molecule has 4 nitrogen and oxygen atoms in total. The molecule has 21 heavy (non-hydrogen) atoms. The zero-order chi connectivity index (χ0) is 15.3. The molecule has 0 bridgehead atoms. The van der Waals surface area contributed by atoms with Crippen LogP contribution in [0.3, 0.4) is 0 Å². The highest BCUT2D eigenvalue weighted by Gasteiger charge is 2.13. The van der Waals surface area contributed by atoms with Crippen molar-refractivity contribution in [2.75, 3.05) is 11.4 Å². The van der Waals surface area contributed by atoms with Crippen molar-refractivity contribution < 1.29 is 0 Å². The fraction of sp³-hybridized carbons (Fsp3) is 0.500. The van der Waals surface area contributed by atoms with Gasteiger partial charge in [0.05, 0.1) is 17.9 Å². The molecule has 0 saturated heterocycles. The van der Waals surface area contributed by atoms with Crippen LogP contribution in [-0.4, -0.2) is 22.1 Å². The Hall–Kier alpha value is -1.46. The summed E-state index contributed by atoms with van der Waals surface area (Å²) in [5, 5.41) is 6.67. The van der Waals surface area contributed by atoms with E-state index >= 15 is 0 Å². The second-order valence-corrected chi connectivity index (χ2v) is 6.90. The van der Waals surface area contributed by atoms with Gasteiger partial charge in [0.2, 0.25) is 0 Å². The normalized spacial score (nSPS) is 11.6. The van der Waals surface area contributed by atoms with Crippen molar-refractivity contribution in [1.29, 1.82) is 0 Å². The summed E-state index contributed by atoms with van der Waals surface area (Å²) in [7, 11) is 0. The smallest absolute Gasteiger partial charge is 0.185 e. The van der Waals surface area contributed by atoms with Gasteiger partial charge in [-0.25, -0.2) is 4.98 Å². The lowest BCUT2D eigenvalue weighted by molar-refractivity contribution is 0.422. The Balaban J connectivity index is 2.01. The van der Waals surface area contributed by atoms with E-state index in [0.29, 0.717) is 0 Å². The summed E-state index contributed by atoms with van der Waals surface area (Å²) in [6.45, 7) is 11.2.